The smallest absolute Gasteiger partial charge is 0.254 e. The largest absolute Gasteiger partial charge is 0.494 e. The minimum Gasteiger partial charge on any atom is -0.494 e. The van der Waals surface area contributed by atoms with E-state index < -0.39 is 6.04 Å². The Hall–Kier alpha value is -2.53. The van der Waals surface area contributed by atoms with Gasteiger partial charge in [-0.05, 0) is 30.2 Å². The summed E-state index contributed by atoms with van der Waals surface area (Å²) in [7, 11) is 0. The second kappa shape index (κ2) is 9.79. The van der Waals surface area contributed by atoms with E-state index in [1.54, 1.807) is 17.0 Å². The summed E-state index contributed by atoms with van der Waals surface area (Å²) >= 11 is 6.39. The first-order valence-electron chi connectivity index (χ1n) is 10.1. The van der Waals surface area contributed by atoms with E-state index in [1.807, 2.05) is 30.3 Å². The molecule has 2 aromatic rings. The summed E-state index contributed by atoms with van der Waals surface area (Å²) in [6.07, 6.45) is 4.68. The maximum Gasteiger partial charge on any atom is 0.254 e. The van der Waals surface area contributed by atoms with Gasteiger partial charge < -0.3 is 15.0 Å². The van der Waals surface area contributed by atoms with Gasteiger partial charge >= 0.3 is 0 Å². The summed E-state index contributed by atoms with van der Waals surface area (Å²) in [6, 6.07) is 12.4. The number of anilines is 1. The average molecular weight is 415 g/mol. The van der Waals surface area contributed by atoms with Crippen molar-refractivity contribution in [3.8, 4) is 5.75 Å². The minimum absolute atomic E-state index is 0.181. The Labute approximate surface area is 177 Å². The highest BCUT2D eigenvalue weighted by Gasteiger charge is 2.39. The van der Waals surface area contributed by atoms with Crippen molar-refractivity contribution in [3.63, 3.8) is 0 Å². The van der Waals surface area contributed by atoms with Crippen molar-refractivity contribution in [2.24, 2.45) is 0 Å². The van der Waals surface area contributed by atoms with Crippen LogP contribution in [0.4, 0.5) is 5.69 Å². The van der Waals surface area contributed by atoms with E-state index in [-0.39, 0.29) is 11.8 Å². The molecule has 1 aliphatic heterocycles. The van der Waals surface area contributed by atoms with Gasteiger partial charge in [-0.15, -0.1) is 0 Å². The maximum atomic E-state index is 13.0. The molecule has 29 heavy (non-hydrogen) atoms. The van der Waals surface area contributed by atoms with Crippen molar-refractivity contribution in [3.05, 3.63) is 58.6 Å². The summed E-state index contributed by atoms with van der Waals surface area (Å²) in [5, 5.41) is 3.22. The SMILES string of the molecule is CCCCCCOc1ccc(CN2C(=O)[C@H](NC(C)=O)c3cccc(Cl)c32)cc1. The third-order valence-electron chi connectivity index (χ3n) is 4.99. The first-order valence-corrected chi connectivity index (χ1v) is 10.5. The monoisotopic (exact) mass is 414 g/mol. The van der Waals surface area contributed by atoms with Crippen molar-refractivity contribution >= 4 is 29.1 Å². The zero-order valence-corrected chi connectivity index (χ0v) is 17.7. The predicted molar refractivity (Wildman–Crippen MR) is 115 cm³/mol. The van der Waals surface area contributed by atoms with E-state index in [4.69, 9.17) is 16.3 Å². The topological polar surface area (TPSA) is 58.6 Å². The molecule has 3 rings (SSSR count). The van der Waals surface area contributed by atoms with E-state index in [1.165, 1.54) is 26.2 Å². The Morgan fingerprint density at radius 3 is 2.59 bits per heavy atom. The van der Waals surface area contributed by atoms with Crippen molar-refractivity contribution < 1.29 is 14.3 Å². The van der Waals surface area contributed by atoms with Crippen LogP contribution in [0.15, 0.2) is 42.5 Å². The van der Waals surface area contributed by atoms with E-state index in [0.717, 1.165) is 23.3 Å². The molecule has 1 heterocycles. The van der Waals surface area contributed by atoms with Gasteiger partial charge in [0.25, 0.3) is 5.91 Å². The van der Waals surface area contributed by atoms with Crippen LogP contribution in [0.3, 0.4) is 0 Å². The number of benzene rings is 2. The first-order chi connectivity index (χ1) is 14.0. The molecule has 0 unspecified atom stereocenters. The molecule has 0 aliphatic carbocycles. The molecular formula is C23H27ClN2O3. The number of rotatable bonds is 9. The third kappa shape index (κ3) is 5.10. The van der Waals surface area contributed by atoms with Gasteiger partial charge in [0, 0.05) is 12.5 Å². The van der Waals surface area contributed by atoms with Crippen molar-refractivity contribution in [2.75, 3.05) is 11.5 Å². The van der Waals surface area contributed by atoms with Crippen molar-refractivity contribution in [1.82, 2.24) is 5.32 Å². The molecule has 0 radical (unpaired) electrons. The van der Waals surface area contributed by atoms with Gasteiger partial charge in [-0.25, -0.2) is 0 Å². The van der Waals surface area contributed by atoms with Gasteiger partial charge in [0.15, 0.2) is 0 Å². The molecule has 2 aromatic carbocycles. The number of hydrogen-bond donors (Lipinski definition) is 1. The number of ether oxygens (including phenoxy) is 1. The second-order valence-electron chi connectivity index (χ2n) is 7.29. The lowest BCUT2D eigenvalue weighted by atomic mass is 10.1. The molecule has 0 aromatic heterocycles. The van der Waals surface area contributed by atoms with Crippen LogP contribution in [0.25, 0.3) is 0 Å². The lowest BCUT2D eigenvalue weighted by Crippen LogP contribution is -2.36. The molecule has 1 N–H and O–H groups in total. The fraction of sp³-hybridized carbons (Fsp3) is 0.391. The van der Waals surface area contributed by atoms with Crippen LogP contribution in [0.2, 0.25) is 5.02 Å². The number of nitrogens with one attached hydrogen (secondary N) is 1. The molecular weight excluding hydrogens is 388 g/mol. The number of hydrogen-bond acceptors (Lipinski definition) is 3. The average Bonchev–Trinajstić information content (AvgIpc) is 2.95. The summed E-state index contributed by atoms with van der Waals surface area (Å²) in [6.45, 7) is 4.68. The van der Waals surface area contributed by atoms with Crippen LogP contribution >= 0.6 is 11.6 Å². The Bertz CT molecular complexity index is 867. The lowest BCUT2D eigenvalue weighted by Gasteiger charge is -2.19. The number of amides is 2. The number of halogens is 1. The Kier molecular flexibility index (Phi) is 7.15. The standard InChI is InChI=1S/C23H27ClN2O3/c1-3-4-5-6-14-29-18-12-10-17(11-13-18)15-26-22-19(8-7-9-20(22)24)21(23(26)28)25-16(2)27/h7-13,21H,3-6,14-15H2,1-2H3,(H,25,27)/t21-/m1/s1. The highest BCUT2D eigenvalue weighted by Crippen LogP contribution is 2.41. The Morgan fingerprint density at radius 2 is 1.90 bits per heavy atom. The molecule has 2 amide bonds. The molecule has 0 fully saturated rings. The van der Waals surface area contributed by atoms with Crippen molar-refractivity contribution in [1.29, 1.82) is 0 Å². The van der Waals surface area contributed by atoms with Gasteiger partial charge in [0.2, 0.25) is 5.91 Å². The van der Waals surface area contributed by atoms with E-state index >= 15 is 0 Å². The Balaban J connectivity index is 1.70. The van der Waals surface area contributed by atoms with Crippen LogP contribution in [0.1, 0.15) is 56.7 Å². The summed E-state index contributed by atoms with van der Waals surface area (Å²) in [5.74, 6) is 0.392. The van der Waals surface area contributed by atoms with Crippen LogP contribution in [-0.4, -0.2) is 18.4 Å². The summed E-state index contributed by atoms with van der Waals surface area (Å²) < 4.78 is 5.79. The zero-order valence-electron chi connectivity index (χ0n) is 16.9. The summed E-state index contributed by atoms with van der Waals surface area (Å²) in [4.78, 5) is 26.2. The van der Waals surface area contributed by atoms with Crippen LogP contribution in [0.5, 0.6) is 5.75 Å². The normalized spacial score (nSPS) is 15.3. The van der Waals surface area contributed by atoms with Gasteiger partial charge in [-0.3, -0.25) is 9.59 Å². The van der Waals surface area contributed by atoms with E-state index in [0.29, 0.717) is 23.9 Å². The van der Waals surface area contributed by atoms with Crippen molar-refractivity contribution in [2.45, 2.75) is 52.1 Å². The minimum atomic E-state index is -0.702. The highest BCUT2D eigenvalue weighted by atomic mass is 35.5. The second-order valence-corrected chi connectivity index (χ2v) is 7.70. The molecule has 0 saturated heterocycles. The maximum absolute atomic E-state index is 13.0. The number of nitrogens with zero attached hydrogens (tertiary/aromatic N) is 1. The molecule has 0 spiro atoms. The molecule has 0 bridgehead atoms. The molecule has 0 saturated carbocycles. The first kappa shape index (κ1) is 21.2. The number of carbonyl (C=O) groups excluding carboxylic acids is 2. The number of fused-ring (bicyclic) bond motifs is 1. The highest BCUT2D eigenvalue weighted by molar-refractivity contribution is 6.34. The van der Waals surface area contributed by atoms with E-state index in [9.17, 15) is 9.59 Å². The Morgan fingerprint density at radius 1 is 1.14 bits per heavy atom. The van der Waals surface area contributed by atoms with Gasteiger partial charge in [-0.1, -0.05) is 62.1 Å². The fourth-order valence-corrected chi connectivity index (χ4v) is 3.82. The molecule has 1 atom stereocenters. The van der Waals surface area contributed by atoms with Gasteiger partial charge in [0.1, 0.15) is 11.8 Å². The molecule has 154 valence electrons. The number of para-hydroxylation sites is 1. The van der Waals surface area contributed by atoms with E-state index in [2.05, 4.69) is 12.2 Å². The fourth-order valence-electron chi connectivity index (χ4n) is 3.54. The number of unbranched alkanes of at least 4 members (excludes halogenated alkanes) is 3. The zero-order chi connectivity index (χ0) is 20.8. The van der Waals surface area contributed by atoms with Gasteiger partial charge in [-0.2, -0.15) is 0 Å². The van der Waals surface area contributed by atoms with Crippen LogP contribution in [0, 0.1) is 0 Å². The molecule has 5 nitrogen and oxygen atoms in total. The summed E-state index contributed by atoms with van der Waals surface area (Å²) in [5.41, 5.74) is 2.35. The van der Waals surface area contributed by atoms with Crippen LogP contribution < -0.4 is 15.0 Å². The number of carbonyl (C=O) groups is 2. The third-order valence-corrected chi connectivity index (χ3v) is 5.30. The predicted octanol–water partition coefficient (Wildman–Crippen LogP) is 5.02. The lowest BCUT2D eigenvalue weighted by molar-refractivity contribution is -0.126. The molecule has 1 aliphatic rings. The molecule has 6 heteroatoms. The van der Waals surface area contributed by atoms with Crippen LogP contribution in [-0.2, 0) is 16.1 Å². The van der Waals surface area contributed by atoms with Gasteiger partial charge in [0.05, 0.1) is 23.9 Å². The quantitative estimate of drug-likeness (QED) is 0.586.